The predicted molar refractivity (Wildman–Crippen MR) is 97.8 cm³/mol. The zero-order chi connectivity index (χ0) is 16.6. The van der Waals surface area contributed by atoms with E-state index in [1.165, 1.54) is 25.7 Å². The van der Waals surface area contributed by atoms with Gasteiger partial charge in [0, 0.05) is 24.5 Å². The lowest BCUT2D eigenvalue weighted by atomic mass is 9.90. The molecule has 5 heteroatoms. The van der Waals surface area contributed by atoms with Gasteiger partial charge in [-0.05, 0) is 57.8 Å². The van der Waals surface area contributed by atoms with Gasteiger partial charge in [-0.25, -0.2) is 5.43 Å². The van der Waals surface area contributed by atoms with E-state index in [1.54, 1.807) is 6.21 Å². The molecule has 0 aliphatic heterocycles. The number of rotatable bonds is 4. The Morgan fingerprint density at radius 2 is 2.22 bits per heavy atom. The Morgan fingerprint density at radius 3 is 2.83 bits per heavy atom. The van der Waals surface area contributed by atoms with E-state index in [9.17, 15) is 4.79 Å². The van der Waals surface area contributed by atoms with Crippen LogP contribution < -0.4 is 10.3 Å². The van der Waals surface area contributed by atoms with E-state index in [0.717, 1.165) is 15.7 Å². The fourth-order valence-corrected chi connectivity index (χ4v) is 4.81. The molecular weight excluding hydrogens is 354 g/mol. The minimum atomic E-state index is 0.0830. The molecule has 2 aliphatic rings. The number of carbonyl (C=O) groups is 1. The van der Waals surface area contributed by atoms with Crippen molar-refractivity contribution in [1.29, 1.82) is 0 Å². The molecule has 0 bridgehead atoms. The van der Waals surface area contributed by atoms with Crippen LogP contribution in [0.1, 0.15) is 38.2 Å². The Hall–Kier alpha value is -1.36. The smallest absolute Gasteiger partial charge is 0.244 e. The highest BCUT2D eigenvalue weighted by atomic mass is 79.9. The predicted octanol–water partition coefficient (Wildman–Crippen LogP) is 3.79. The van der Waals surface area contributed by atoms with Crippen LogP contribution in [0.4, 0.5) is 5.69 Å². The van der Waals surface area contributed by atoms with Crippen LogP contribution in [0.2, 0.25) is 0 Å². The van der Waals surface area contributed by atoms with Gasteiger partial charge in [0.1, 0.15) is 0 Å². The lowest BCUT2D eigenvalue weighted by Crippen LogP contribution is -2.22. The second-order valence-electron chi connectivity index (χ2n) is 7.18. The van der Waals surface area contributed by atoms with E-state index in [2.05, 4.69) is 33.4 Å². The SMILES string of the molecule is CN(C)c1ccc(/C=N\NC(=O)[C@@H]2[C@H]3CCCC[C@@]32C)cc1Br. The molecular formula is C18H24BrN3O. The van der Waals surface area contributed by atoms with Gasteiger partial charge >= 0.3 is 0 Å². The summed E-state index contributed by atoms with van der Waals surface area (Å²) in [6.45, 7) is 2.25. The first-order chi connectivity index (χ1) is 10.9. The number of carbonyl (C=O) groups excluding carboxylic acids is 1. The standard InChI is InChI=1S/C18H24BrN3O/c1-18-9-5-4-6-13(18)16(18)17(23)21-20-11-12-7-8-15(22(2)3)14(19)10-12/h7-8,10-11,13,16H,4-6,9H2,1-3H3,(H,21,23)/b20-11-/t13-,16+,18+/m1/s1. The zero-order valence-electron chi connectivity index (χ0n) is 14.0. The van der Waals surface area contributed by atoms with E-state index in [4.69, 9.17) is 0 Å². The topological polar surface area (TPSA) is 44.7 Å². The van der Waals surface area contributed by atoms with Crippen molar-refractivity contribution in [3.8, 4) is 0 Å². The maximum atomic E-state index is 12.3. The molecule has 124 valence electrons. The first kappa shape index (κ1) is 16.5. The molecule has 2 saturated carbocycles. The Balaban J connectivity index is 1.59. The molecule has 3 atom stereocenters. The van der Waals surface area contributed by atoms with Gasteiger partial charge in [0.15, 0.2) is 0 Å². The number of benzene rings is 1. The van der Waals surface area contributed by atoms with Crippen molar-refractivity contribution in [2.24, 2.45) is 22.4 Å². The third-order valence-corrected chi connectivity index (χ3v) is 6.09. The van der Waals surface area contributed by atoms with Crippen molar-refractivity contribution in [2.75, 3.05) is 19.0 Å². The third-order valence-electron chi connectivity index (χ3n) is 5.46. The van der Waals surface area contributed by atoms with E-state index >= 15 is 0 Å². The van der Waals surface area contributed by atoms with Gasteiger partial charge in [0.25, 0.3) is 0 Å². The number of anilines is 1. The second kappa shape index (κ2) is 6.27. The van der Waals surface area contributed by atoms with Crippen molar-refractivity contribution in [1.82, 2.24) is 5.43 Å². The van der Waals surface area contributed by atoms with Gasteiger partial charge in [0.05, 0.1) is 11.9 Å². The number of amides is 1. The molecule has 2 aliphatic carbocycles. The molecule has 0 saturated heterocycles. The van der Waals surface area contributed by atoms with Crippen molar-refractivity contribution in [3.63, 3.8) is 0 Å². The van der Waals surface area contributed by atoms with E-state index < -0.39 is 0 Å². The molecule has 1 aromatic carbocycles. The van der Waals surface area contributed by atoms with E-state index in [-0.39, 0.29) is 17.2 Å². The van der Waals surface area contributed by atoms with Crippen LogP contribution in [-0.2, 0) is 4.79 Å². The lowest BCUT2D eigenvalue weighted by molar-refractivity contribution is -0.123. The molecule has 0 heterocycles. The Kier molecular flexibility index (Phi) is 4.50. The first-order valence-electron chi connectivity index (χ1n) is 8.23. The molecule has 1 aromatic rings. The summed E-state index contributed by atoms with van der Waals surface area (Å²) in [4.78, 5) is 14.4. The minimum Gasteiger partial charge on any atom is -0.377 e. The summed E-state index contributed by atoms with van der Waals surface area (Å²) in [5.74, 6) is 0.810. The van der Waals surface area contributed by atoms with Crippen LogP contribution in [-0.4, -0.2) is 26.2 Å². The second-order valence-corrected chi connectivity index (χ2v) is 8.03. The molecule has 0 unspecified atom stereocenters. The molecule has 0 aromatic heterocycles. The number of nitrogens with one attached hydrogen (secondary N) is 1. The van der Waals surface area contributed by atoms with Crippen molar-refractivity contribution >= 4 is 33.7 Å². The monoisotopic (exact) mass is 377 g/mol. The number of hydrogen-bond donors (Lipinski definition) is 1. The van der Waals surface area contributed by atoms with Crippen LogP contribution in [0.25, 0.3) is 0 Å². The van der Waals surface area contributed by atoms with Gasteiger partial charge in [-0.2, -0.15) is 5.10 Å². The van der Waals surface area contributed by atoms with Gasteiger partial charge in [0.2, 0.25) is 5.91 Å². The fourth-order valence-electron chi connectivity index (χ4n) is 4.06. The van der Waals surface area contributed by atoms with Gasteiger partial charge < -0.3 is 4.90 Å². The van der Waals surface area contributed by atoms with Gasteiger partial charge in [-0.1, -0.05) is 25.8 Å². The Morgan fingerprint density at radius 1 is 1.43 bits per heavy atom. The van der Waals surface area contributed by atoms with Crippen LogP contribution in [0.5, 0.6) is 0 Å². The maximum Gasteiger partial charge on any atom is 0.244 e. The highest BCUT2D eigenvalue weighted by molar-refractivity contribution is 9.10. The number of hydrogen-bond acceptors (Lipinski definition) is 3. The number of halogens is 1. The van der Waals surface area contributed by atoms with Crippen LogP contribution >= 0.6 is 15.9 Å². The summed E-state index contributed by atoms with van der Waals surface area (Å²) < 4.78 is 1.01. The fraction of sp³-hybridized carbons (Fsp3) is 0.556. The lowest BCUT2D eigenvalue weighted by Gasteiger charge is -2.15. The maximum absolute atomic E-state index is 12.3. The molecule has 23 heavy (non-hydrogen) atoms. The van der Waals surface area contributed by atoms with E-state index in [0.29, 0.717) is 5.92 Å². The number of fused-ring (bicyclic) bond motifs is 1. The molecule has 1 amide bonds. The summed E-state index contributed by atoms with van der Waals surface area (Å²) >= 11 is 3.56. The third kappa shape index (κ3) is 3.16. The average Bonchev–Trinajstić information content (AvgIpc) is 3.12. The van der Waals surface area contributed by atoms with Crippen molar-refractivity contribution in [3.05, 3.63) is 28.2 Å². The summed E-state index contributed by atoms with van der Waals surface area (Å²) in [6.07, 6.45) is 6.60. The van der Waals surface area contributed by atoms with Crippen LogP contribution in [0.15, 0.2) is 27.8 Å². The van der Waals surface area contributed by atoms with Gasteiger partial charge in [-0.3, -0.25) is 4.79 Å². The number of hydrazone groups is 1. The van der Waals surface area contributed by atoms with E-state index in [1.807, 2.05) is 37.2 Å². The minimum absolute atomic E-state index is 0.0830. The van der Waals surface area contributed by atoms with Crippen molar-refractivity contribution in [2.45, 2.75) is 32.6 Å². The quantitative estimate of drug-likeness (QED) is 0.640. The first-order valence-corrected chi connectivity index (χ1v) is 9.02. The summed E-state index contributed by atoms with van der Waals surface area (Å²) in [5, 5.41) is 4.15. The molecule has 2 fully saturated rings. The molecule has 3 rings (SSSR count). The summed E-state index contributed by atoms with van der Waals surface area (Å²) in [5.41, 5.74) is 5.04. The summed E-state index contributed by atoms with van der Waals surface area (Å²) in [6, 6.07) is 6.03. The Labute approximate surface area is 146 Å². The van der Waals surface area contributed by atoms with Crippen LogP contribution in [0, 0.1) is 17.3 Å². The Bertz CT molecular complexity index is 643. The largest absolute Gasteiger partial charge is 0.377 e. The highest BCUT2D eigenvalue weighted by Gasteiger charge is 2.64. The molecule has 4 nitrogen and oxygen atoms in total. The van der Waals surface area contributed by atoms with Gasteiger partial charge in [-0.15, -0.1) is 0 Å². The number of nitrogens with zero attached hydrogens (tertiary/aromatic N) is 2. The molecule has 0 radical (unpaired) electrons. The normalized spacial score (nSPS) is 29.2. The zero-order valence-corrected chi connectivity index (χ0v) is 15.6. The molecule has 1 N–H and O–H groups in total. The summed E-state index contributed by atoms with van der Waals surface area (Å²) in [7, 11) is 4.01. The molecule has 0 spiro atoms. The highest BCUT2D eigenvalue weighted by Crippen LogP contribution is 2.66. The van der Waals surface area contributed by atoms with Crippen LogP contribution in [0.3, 0.4) is 0 Å². The van der Waals surface area contributed by atoms with Crippen molar-refractivity contribution < 1.29 is 4.79 Å². The average molecular weight is 378 g/mol.